The molecule has 0 radical (unpaired) electrons. The summed E-state index contributed by atoms with van der Waals surface area (Å²) in [5.74, 6) is 0.0914. The van der Waals surface area contributed by atoms with Crippen LogP contribution in [0, 0.1) is 0 Å². The summed E-state index contributed by atoms with van der Waals surface area (Å²) in [6.45, 7) is 0. The van der Waals surface area contributed by atoms with Crippen molar-refractivity contribution in [3.8, 4) is 0 Å². The number of alkyl halides is 1. The molecule has 2 rings (SSSR count). The van der Waals surface area contributed by atoms with Crippen LogP contribution in [0.1, 0.15) is 18.5 Å². The second-order valence-corrected chi connectivity index (χ2v) is 4.24. The van der Waals surface area contributed by atoms with E-state index < -0.39 is 0 Å². The normalized spacial score (nSPS) is 17.5. The molecule has 1 aromatic rings. The lowest BCUT2D eigenvalue weighted by molar-refractivity contribution is -0.119. The van der Waals surface area contributed by atoms with Crippen molar-refractivity contribution in [1.82, 2.24) is 10.3 Å². The zero-order valence-corrected chi connectivity index (χ0v) is 9.82. The second kappa shape index (κ2) is 3.84. The number of rotatable bonds is 3. The first kappa shape index (κ1) is 9.89. The van der Waals surface area contributed by atoms with Crippen LogP contribution in [0.25, 0.3) is 0 Å². The van der Waals surface area contributed by atoms with Crippen LogP contribution < -0.4 is 5.32 Å². The van der Waals surface area contributed by atoms with Crippen molar-refractivity contribution in [2.75, 3.05) is 4.43 Å². The molecule has 0 atom stereocenters. The minimum atomic E-state index is -0.149. The first-order valence-corrected chi connectivity index (χ1v) is 6.08. The molecule has 0 saturated heterocycles. The van der Waals surface area contributed by atoms with Gasteiger partial charge in [-0.2, -0.15) is 0 Å². The third-order valence-electron chi connectivity index (χ3n) is 2.41. The number of halogens is 1. The number of nitrogens with zero attached hydrogens (tertiary/aromatic N) is 1. The Labute approximate surface area is 96.4 Å². The van der Waals surface area contributed by atoms with E-state index in [0.29, 0.717) is 4.43 Å². The lowest BCUT2D eigenvalue weighted by Crippen LogP contribution is -2.36. The quantitative estimate of drug-likeness (QED) is 0.681. The van der Waals surface area contributed by atoms with Crippen LogP contribution in [0.3, 0.4) is 0 Å². The first-order valence-electron chi connectivity index (χ1n) is 4.55. The van der Waals surface area contributed by atoms with Crippen LogP contribution in [0.4, 0.5) is 0 Å². The maximum Gasteiger partial charge on any atom is 0.230 e. The third kappa shape index (κ3) is 1.89. The van der Waals surface area contributed by atoms with Crippen molar-refractivity contribution in [3.05, 3.63) is 30.1 Å². The minimum Gasteiger partial charge on any atom is -0.344 e. The number of nitrogens with one attached hydrogen (secondary N) is 1. The maximum atomic E-state index is 11.3. The zero-order chi connectivity index (χ0) is 10.0. The molecule has 1 N–H and O–H groups in total. The first-order chi connectivity index (χ1) is 6.77. The summed E-state index contributed by atoms with van der Waals surface area (Å²) in [5.41, 5.74) is 0.835. The molecule has 1 aliphatic rings. The number of carbonyl (C=O) groups excluding carboxylic acids is 1. The number of carbonyl (C=O) groups is 1. The second-order valence-electron chi connectivity index (χ2n) is 3.48. The fraction of sp³-hybridized carbons (Fsp3) is 0.400. The highest BCUT2D eigenvalue weighted by Crippen LogP contribution is 2.44. The van der Waals surface area contributed by atoms with Crippen molar-refractivity contribution in [2.45, 2.75) is 18.4 Å². The molecule has 0 spiro atoms. The highest BCUT2D eigenvalue weighted by atomic mass is 127. The summed E-state index contributed by atoms with van der Waals surface area (Å²) < 4.78 is 0.506. The van der Waals surface area contributed by atoms with Crippen LogP contribution in [-0.4, -0.2) is 15.3 Å². The van der Waals surface area contributed by atoms with Gasteiger partial charge in [0.1, 0.15) is 0 Å². The van der Waals surface area contributed by atoms with Crippen molar-refractivity contribution < 1.29 is 4.79 Å². The van der Waals surface area contributed by atoms with Gasteiger partial charge in [-0.1, -0.05) is 28.7 Å². The van der Waals surface area contributed by atoms with E-state index in [4.69, 9.17) is 0 Å². The van der Waals surface area contributed by atoms with E-state index in [1.54, 1.807) is 6.20 Å². The molecular formula is C10H11IN2O. The largest absolute Gasteiger partial charge is 0.344 e. The van der Waals surface area contributed by atoms with Gasteiger partial charge in [0, 0.05) is 6.20 Å². The highest BCUT2D eigenvalue weighted by Gasteiger charge is 2.46. The Morgan fingerprint density at radius 1 is 1.57 bits per heavy atom. The van der Waals surface area contributed by atoms with Crippen LogP contribution in [0.15, 0.2) is 24.4 Å². The van der Waals surface area contributed by atoms with E-state index in [2.05, 4.69) is 32.9 Å². The van der Waals surface area contributed by atoms with E-state index in [0.717, 1.165) is 18.5 Å². The van der Waals surface area contributed by atoms with Crippen LogP contribution >= 0.6 is 22.6 Å². The monoisotopic (exact) mass is 302 g/mol. The molecule has 0 aliphatic heterocycles. The highest BCUT2D eigenvalue weighted by molar-refractivity contribution is 14.1. The summed E-state index contributed by atoms with van der Waals surface area (Å²) in [6, 6.07) is 5.82. The molecule has 1 fully saturated rings. The van der Waals surface area contributed by atoms with Gasteiger partial charge in [0.2, 0.25) is 5.91 Å². The van der Waals surface area contributed by atoms with E-state index in [1.807, 2.05) is 18.2 Å². The molecule has 3 nitrogen and oxygen atoms in total. The summed E-state index contributed by atoms with van der Waals surface area (Å²) in [7, 11) is 0. The summed E-state index contributed by atoms with van der Waals surface area (Å²) in [4.78, 5) is 15.6. The Hall–Kier alpha value is -0.650. The molecule has 1 aromatic heterocycles. The summed E-state index contributed by atoms with van der Waals surface area (Å²) in [5, 5.41) is 3.02. The lowest BCUT2D eigenvalue weighted by atomic mass is 10.1. The Morgan fingerprint density at radius 3 is 2.86 bits per heavy atom. The molecule has 0 aromatic carbocycles. The van der Waals surface area contributed by atoms with Gasteiger partial charge in [-0.3, -0.25) is 9.78 Å². The van der Waals surface area contributed by atoms with Crippen molar-refractivity contribution in [1.29, 1.82) is 0 Å². The van der Waals surface area contributed by atoms with Gasteiger partial charge in [-0.15, -0.1) is 0 Å². The molecule has 74 valence electrons. The smallest absolute Gasteiger partial charge is 0.230 e. The number of amides is 1. The predicted molar refractivity (Wildman–Crippen MR) is 62.2 cm³/mol. The molecule has 0 bridgehead atoms. The number of hydrogen-bond acceptors (Lipinski definition) is 2. The number of pyridine rings is 1. The molecule has 1 amide bonds. The minimum absolute atomic E-state index is 0.0914. The van der Waals surface area contributed by atoms with Gasteiger partial charge < -0.3 is 5.32 Å². The molecule has 1 saturated carbocycles. The predicted octanol–water partition coefficient (Wildman–Crippen LogP) is 1.62. The Kier molecular flexibility index (Phi) is 2.71. The van der Waals surface area contributed by atoms with E-state index in [1.165, 1.54) is 0 Å². The molecule has 0 unspecified atom stereocenters. The van der Waals surface area contributed by atoms with Gasteiger partial charge in [0.15, 0.2) is 0 Å². The third-order valence-corrected chi connectivity index (χ3v) is 3.10. The zero-order valence-electron chi connectivity index (χ0n) is 7.66. The number of hydrogen-bond donors (Lipinski definition) is 1. The average molecular weight is 302 g/mol. The molecule has 14 heavy (non-hydrogen) atoms. The SMILES string of the molecule is O=C(CI)NC1(c2ccccn2)CC1. The lowest BCUT2D eigenvalue weighted by Gasteiger charge is -2.15. The molecular weight excluding hydrogens is 291 g/mol. The maximum absolute atomic E-state index is 11.3. The van der Waals surface area contributed by atoms with Crippen molar-refractivity contribution >= 4 is 28.5 Å². The fourth-order valence-electron chi connectivity index (χ4n) is 1.52. The van der Waals surface area contributed by atoms with Crippen LogP contribution in [0.5, 0.6) is 0 Å². The van der Waals surface area contributed by atoms with Gasteiger partial charge in [0.25, 0.3) is 0 Å². The van der Waals surface area contributed by atoms with Gasteiger partial charge >= 0.3 is 0 Å². The Balaban J connectivity index is 2.14. The molecule has 4 heteroatoms. The number of aromatic nitrogens is 1. The Bertz CT molecular complexity index is 335. The van der Waals surface area contributed by atoms with E-state index >= 15 is 0 Å². The van der Waals surface area contributed by atoms with Crippen LogP contribution in [-0.2, 0) is 10.3 Å². The van der Waals surface area contributed by atoms with Gasteiger partial charge in [0.05, 0.1) is 15.7 Å². The van der Waals surface area contributed by atoms with Crippen LogP contribution in [0.2, 0.25) is 0 Å². The summed E-state index contributed by atoms with van der Waals surface area (Å²) in [6.07, 6.45) is 3.78. The van der Waals surface area contributed by atoms with E-state index in [-0.39, 0.29) is 11.4 Å². The summed E-state index contributed by atoms with van der Waals surface area (Å²) >= 11 is 2.07. The van der Waals surface area contributed by atoms with Gasteiger partial charge in [-0.25, -0.2) is 0 Å². The van der Waals surface area contributed by atoms with Crippen molar-refractivity contribution in [2.24, 2.45) is 0 Å². The van der Waals surface area contributed by atoms with Crippen molar-refractivity contribution in [3.63, 3.8) is 0 Å². The fourth-order valence-corrected chi connectivity index (χ4v) is 1.71. The topological polar surface area (TPSA) is 42.0 Å². The Morgan fingerprint density at radius 2 is 2.36 bits per heavy atom. The molecule has 1 heterocycles. The average Bonchev–Trinajstić information content (AvgIpc) is 3.00. The standard InChI is InChI=1S/C10H11IN2O/c11-7-9(14)13-10(4-5-10)8-3-1-2-6-12-8/h1-3,6H,4-5,7H2,(H,13,14). The van der Waals surface area contributed by atoms with Gasteiger partial charge in [-0.05, 0) is 25.0 Å². The van der Waals surface area contributed by atoms with E-state index in [9.17, 15) is 4.79 Å². The molecule has 1 aliphatic carbocycles.